The number of hydrogen-bond acceptors (Lipinski definition) is 8. The zero-order valence-electron chi connectivity index (χ0n) is 36.7. The second kappa shape index (κ2) is 18.9. The molecule has 2 aromatic heterocycles. The maximum absolute atomic E-state index is 13.8. The van der Waals surface area contributed by atoms with E-state index in [-0.39, 0.29) is 36.1 Å². The first-order valence-corrected chi connectivity index (χ1v) is 21.8. The molecule has 2 saturated heterocycles. The normalized spacial score (nSPS) is 18.5. The summed E-state index contributed by atoms with van der Waals surface area (Å²) in [6.07, 6.45) is -1.79. The van der Waals surface area contributed by atoms with Gasteiger partial charge in [-0.25, -0.2) is 19.6 Å². The second-order valence-corrected chi connectivity index (χ2v) is 17.4. The third kappa shape index (κ3) is 9.86. The lowest BCUT2D eigenvalue weighted by molar-refractivity contribution is -0.136. The Kier molecular flexibility index (Phi) is 13.5. The van der Waals surface area contributed by atoms with Crippen molar-refractivity contribution in [1.82, 2.24) is 40.4 Å². The van der Waals surface area contributed by atoms with Crippen LogP contribution in [0.3, 0.4) is 0 Å². The standard InChI is InChI=1S/C46H57F3N8O6/c1-25(2)36(54-44(60)62-5)42(58)56-22-8-12-34(56)40-51-33(20-21-46(47,48)49)38(52-40)28-16-14-27(15-17-28)29-18-19-31-30(24-29)10-7-11-32-39(31)53-41(50-32)35-13-9-23-57(35)43(59)37(26(3)4)55-45(61)63-6/h14-19,24-26,34-37H,7-13,20-23H2,1-6H3,(H,50,53)(H,51,52)(H,54,60)(H,55,61)/t34-,35?,36-,37-/m0/s1. The van der Waals surface area contributed by atoms with Crippen LogP contribution >= 0.6 is 0 Å². The fraction of sp³-hybridized carbons (Fsp3) is 0.522. The molecule has 4 aromatic rings. The Labute approximate surface area is 365 Å². The minimum atomic E-state index is -4.38. The van der Waals surface area contributed by atoms with E-state index in [4.69, 9.17) is 19.4 Å². The molecule has 14 nitrogen and oxygen atoms in total. The van der Waals surface area contributed by atoms with Crippen LogP contribution in [0.4, 0.5) is 22.8 Å². The first-order chi connectivity index (χ1) is 30.1. The number of alkyl halides is 3. The number of carbonyl (C=O) groups is 4. The van der Waals surface area contributed by atoms with E-state index >= 15 is 0 Å². The number of nitrogens with one attached hydrogen (secondary N) is 4. The number of ether oxygens (including phenoxy) is 2. The summed E-state index contributed by atoms with van der Waals surface area (Å²) >= 11 is 0. The highest BCUT2D eigenvalue weighted by molar-refractivity contribution is 5.87. The van der Waals surface area contributed by atoms with E-state index in [2.05, 4.69) is 32.7 Å². The molecule has 2 aromatic carbocycles. The lowest BCUT2D eigenvalue weighted by Gasteiger charge is -2.30. The second-order valence-electron chi connectivity index (χ2n) is 17.4. The zero-order valence-corrected chi connectivity index (χ0v) is 36.7. The topological polar surface area (TPSA) is 175 Å². The molecule has 63 heavy (non-hydrogen) atoms. The van der Waals surface area contributed by atoms with Gasteiger partial charge in [-0.3, -0.25) is 9.59 Å². The number of fused-ring (bicyclic) bond motifs is 3. The van der Waals surface area contributed by atoms with Gasteiger partial charge in [-0.15, -0.1) is 0 Å². The van der Waals surface area contributed by atoms with Gasteiger partial charge < -0.3 is 39.9 Å². The number of carbonyl (C=O) groups excluding carboxylic acids is 4. The van der Waals surface area contributed by atoms with Crippen LogP contribution in [0, 0.1) is 11.8 Å². The molecule has 0 spiro atoms. The Bertz CT molecular complexity index is 2300. The van der Waals surface area contributed by atoms with E-state index in [1.165, 1.54) is 14.2 Å². The van der Waals surface area contributed by atoms with Crippen molar-refractivity contribution in [3.8, 4) is 33.6 Å². The van der Waals surface area contributed by atoms with Crippen molar-refractivity contribution in [2.45, 2.75) is 116 Å². The maximum atomic E-state index is 13.8. The first-order valence-electron chi connectivity index (χ1n) is 21.8. The molecule has 4 atom stereocenters. The SMILES string of the molecule is COC(=O)N[C@H](C(=O)N1CCCC1c1nc2c([nH]1)CCCc1cc(-c3ccc(-c4nc([C@@H]5CCCN5C(=O)[C@@H](NC(=O)OC)C(C)C)[nH]c4CCC(F)(F)F)cc3)ccc1-2)C(C)C. The van der Waals surface area contributed by atoms with Crippen LogP contribution in [-0.2, 0) is 38.3 Å². The van der Waals surface area contributed by atoms with E-state index < -0.39 is 42.9 Å². The molecule has 7 rings (SSSR count). The van der Waals surface area contributed by atoms with Crippen molar-refractivity contribution in [3.63, 3.8) is 0 Å². The summed E-state index contributed by atoms with van der Waals surface area (Å²) in [5.41, 5.74) is 7.34. The van der Waals surface area contributed by atoms with Gasteiger partial charge in [-0.1, -0.05) is 70.2 Å². The summed E-state index contributed by atoms with van der Waals surface area (Å²) in [6.45, 7) is 8.39. The van der Waals surface area contributed by atoms with Gasteiger partial charge in [0, 0.05) is 42.0 Å². The van der Waals surface area contributed by atoms with Crippen molar-refractivity contribution < 1.29 is 41.8 Å². The Morgan fingerprint density at radius 3 is 1.79 bits per heavy atom. The molecule has 338 valence electrons. The predicted molar refractivity (Wildman–Crippen MR) is 229 cm³/mol. The Hall–Kier alpha value is -5.87. The van der Waals surface area contributed by atoms with Crippen molar-refractivity contribution in [1.29, 1.82) is 0 Å². The number of methoxy groups -OCH3 is 2. The average Bonchev–Trinajstić information content (AvgIpc) is 4.08. The summed E-state index contributed by atoms with van der Waals surface area (Å²) in [5, 5.41) is 5.33. The third-order valence-electron chi connectivity index (χ3n) is 12.5. The number of H-pyrrole nitrogens is 2. The smallest absolute Gasteiger partial charge is 0.407 e. The van der Waals surface area contributed by atoms with Crippen LogP contribution < -0.4 is 10.6 Å². The molecule has 1 unspecified atom stereocenters. The van der Waals surface area contributed by atoms with Gasteiger partial charge in [-0.05, 0) is 79.9 Å². The molecule has 4 amide bonds. The number of amides is 4. The van der Waals surface area contributed by atoms with Crippen LogP contribution in [0.2, 0.25) is 0 Å². The van der Waals surface area contributed by atoms with E-state index in [0.717, 1.165) is 71.6 Å². The van der Waals surface area contributed by atoms with Crippen molar-refractivity contribution in [2.75, 3.05) is 27.3 Å². The molecule has 4 heterocycles. The number of aromatic nitrogens is 4. The number of hydrogen-bond donors (Lipinski definition) is 4. The Morgan fingerprint density at radius 1 is 0.730 bits per heavy atom. The maximum Gasteiger partial charge on any atom is 0.407 e. The highest BCUT2D eigenvalue weighted by Gasteiger charge is 2.40. The van der Waals surface area contributed by atoms with Crippen LogP contribution in [0.1, 0.15) is 107 Å². The monoisotopic (exact) mass is 874 g/mol. The minimum Gasteiger partial charge on any atom is -0.453 e. The highest BCUT2D eigenvalue weighted by atomic mass is 19.4. The Balaban J connectivity index is 1.13. The highest BCUT2D eigenvalue weighted by Crippen LogP contribution is 2.40. The molecular weight excluding hydrogens is 818 g/mol. The molecule has 2 aliphatic heterocycles. The summed E-state index contributed by atoms with van der Waals surface area (Å²) in [4.78, 5) is 71.9. The van der Waals surface area contributed by atoms with E-state index in [1.54, 1.807) is 4.90 Å². The summed E-state index contributed by atoms with van der Waals surface area (Å²) in [7, 11) is 2.50. The number of halogens is 3. The molecule has 0 bridgehead atoms. The molecule has 4 N–H and O–H groups in total. The van der Waals surface area contributed by atoms with E-state index in [9.17, 15) is 32.3 Å². The van der Waals surface area contributed by atoms with Gasteiger partial charge in [0.15, 0.2) is 0 Å². The van der Waals surface area contributed by atoms with Crippen LogP contribution in [0.25, 0.3) is 33.6 Å². The zero-order chi connectivity index (χ0) is 45.2. The predicted octanol–water partition coefficient (Wildman–Crippen LogP) is 8.21. The fourth-order valence-corrected chi connectivity index (χ4v) is 9.14. The van der Waals surface area contributed by atoms with E-state index in [0.29, 0.717) is 48.7 Å². The number of alkyl carbamates (subject to hydrolysis) is 2. The number of aromatic amines is 2. The van der Waals surface area contributed by atoms with Crippen molar-refractivity contribution in [3.05, 3.63) is 71.1 Å². The lowest BCUT2D eigenvalue weighted by Crippen LogP contribution is -2.51. The van der Waals surface area contributed by atoms with Crippen molar-refractivity contribution in [2.24, 2.45) is 11.8 Å². The van der Waals surface area contributed by atoms with Crippen LogP contribution in [0.5, 0.6) is 0 Å². The van der Waals surface area contributed by atoms with Gasteiger partial charge in [0.25, 0.3) is 0 Å². The largest absolute Gasteiger partial charge is 0.453 e. The summed E-state index contributed by atoms with van der Waals surface area (Å²) < 4.78 is 50.2. The lowest BCUT2D eigenvalue weighted by atomic mass is 9.95. The van der Waals surface area contributed by atoms with Gasteiger partial charge in [0.2, 0.25) is 11.8 Å². The number of benzene rings is 2. The first kappa shape index (κ1) is 45.2. The molecule has 0 radical (unpaired) electrons. The molecule has 2 fully saturated rings. The number of aryl methyl sites for hydroxylation is 3. The van der Waals surface area contributed by atoms with Crippen LogP contribution in [-0.4, -0.2) is 99.3 Å². The van der Waals surface area contributed by atoms with Gasteiger partial charge in [0.05, 0.1) is 37.7 Å². The van der Waals surface area contributed by atoms with Crippen molar-refractivity contribution >= 4 is 24.0 Å². The average molecular weight is 875 g/mol. The third-order valence-corrected chi connectivity index (χ3v) is 12.5. The molecule has 3 aliphatic rings. The number of nitrogens with zero attached hydrogens (tertiary/aromatic N) is 4. The van der Waals surface area contributed by atoms with Gasteiger partial charge in [0.1, 0.15) is 23.7 Å². The Morgan fingerprint density at radius 2 is 1.25 bits per heavy atom. The number of likely N-dealkylation sites (tertiary alicyclic amines) is 2. The molecule has 17 heteroatoms. The molecule has 1 aliphatic carbocycles. The fourth-order valence-electron chi connectivity index (χ4n) is 9.14. The quantitative estimate of drug-likeness (QED) is 0.110. The van der Waals surface area contributed by atoms with E-state index in [1.807, 2.05) is 62.9 Å². The van der Waals surface area contributed by atoms with Crippen LogP contribution in [0.15, 0.2) is 42.5 Å². The van der Waals surface area contributed by atoms with Gasteiger partial charge >= 0.3 is 18.4 Å². The number of imidazole rings is 2. The molecule has 0 saturated carbocycles. The van der Waals surface area contributed by atoms with Gasteiger partial charge in [-0.2, -0.15) is 13.2 Å². The minimum absolute atomic E-state index is 0.142. The summed E-state index contributed by atoms with van der Waals surface area (Å²) in [6, 6.07) is 11.6. The molecular formula is C46H57F3N8O6. The summed E-state index contributed by atoms with van der Waals surface area (Å²) in [5.74, 6) is 0.293. The number of rotatable bonds is 12.